The summed E-state index contributed by atoms with van der Waals surface area (Å²) in [5, 5.41) is 18.2. The number of halogens is 2. The summed E-state index contributed by atoms with van der Waals surface area (Å²) >= 11 is 0. The van der Waals surface area contributed by atoms with Crippen LogP contribution in [0.1, 0.15) is 10.4 Å². The number of carbonyl (C=O) groups is 1. The van der Waals surface area contributed by atoms with E-state index in [9.17, 15) is 18.7 Å². The molecule has 0 aromatic heterocycles. The Morgan fingerprint density at radius 2 is 1.67 bits per heavy atom. The Labute approximate surface area is 101 Å². The molecule has 0 saturated heterocycles. The van der Waals surface area contributed by atoms with E-state index >= 15 is 0 Å². The van der Waals surface area contributed by atoms with Crippen molar-refractivity contribution in [3.63, 3.8) is 0 Å². The molecule has 2 aromatic rings. The molecule has 0 heterocycles. The lowest BCUT2D eigenvalue weighted by Gasteiger charge is -2.05. The molecule has 3 nitrogen and oxygen atoms in total. The predicted molar refractivity (Wildman–Crippen MR) is 60.4 cm³/mol. The average Bonchev–Trinajstić information content (AvgIpc) is 2.31. The Morgan fingerprint density at radius 1 is 0.944 bits per heavy atom. The van der Waals surface area contributed by atoms with Crippen molar-refractivity contribution in [2.24, 2.45) is 0 Å². The Hall–Kier alpha value is -2.43. The normalized spacial score (nSPS) is 10.3. The second kappa shape index (κ2) is 4.44. The Balaban J connectivity index is 2.56. The maximum absolute atomic E-state index is 13.1. The molecule has 0 radical (unpaired) electrons. The number of phenolic OH excluding ortho intramolecular Hbond substituents is 1. The molecule has 0 amide bonds. The van der Waals surface area contributed by atoms with Crippen LogP contribution in [0.5, 0.6) is 5.75 Å². The molecule has 0 unspecified atom stereocenters. The van der Waals surface area contributed by atoms with Crippen molar-refractivity contribution in [2.45, 2.75) is 0 Å². The topological polar surface area (TPSA) is 57.5 Å². The molecule has 2 aromatic carbocycles. The monoisotopic (exact) mass is 250 g/mol. The van der Waals surface area contributed by atoms with E-state index in [4.69, 9.17) is 5.11 Å². The first-order valence-corrected chi connectivity index (χ1v) is 5.00. The van der Waals surface area contributed by atoms with E-state index in [1.807, 2.05) is 0 Å². The van der Waals surface area contributed by atoms with Gasteiger partial charge in [0.05, 0.1) is 5.56 Å². The summed E-state index contributed by atoms with van der Waals surface area (Å²) in [5.74, 6) is -3.49. The number of hydrogen-bond donors (Lipinski definition) is 2. The van der Waals surface area contributed by atoms with Crippen LogP contribution in [0.15, 0.2) is 36.4 Å². The summed E-state index contributed by atoms with van der Waals surface area (Å²) in [7, 11) is 0. The van der Waals surface area contributed by atoms with Gasteiger partial charge in [0.1, 0.15) is 5.75 Å². The molecular formula is C13H8F2O3. The first-order valence-electron chi connectivity index (χ1n) is 5.00. The third-order valence-electron chi connectivity index (χ3n) is 2.42. The fraction of sp³-hybridized carbons (Fsp3) is 0. The maximum Gasteiger partial charge on any atom is 0.335 e. The van der Waals surface area contributed by atoms with Crippen LogP contribution < -0.4 is 0 Å². The van der Waals surface area contributed by atoms with Crippen molar-refractivity contribution in [3.8, 4) is 16.9 Å². The first kappa shape index (κ1) is 12.0. The SMILES string of the molecule is O=C(O)c1cc(O)cc(-c2ccc(F)c(F)c2)c1. The van der Waals surface area contributed by atoms with Crippen LogP contribution in [0.25, 0.3) is 11.1 Å². The number of hydrogen-bond acceptors (Lipinski definition) is 2. The molecule has 0 bridgehead atoms. The van der Waals surface area contributed by atoms with E-state index in [0.29, 0.717) is 5.56 Å². The van der Waals surface area contributed by atoms with Gasteiger partial charge in [-0.1, -0.05) is 6.07 Å². The van der Waals surface area contributed by atoms with Crippen LogP contribution in [-0.4, -0.2) is 16.2 Å². The highest BCUT2D eigenvalue weighted by atomic mass is 19.2. The Morgan fingerprint density at radius 3 is 2.28 bits per heavy atom. The van der Waals surface area contributed by atoms with Crippen molar-refractivity contribution in [1.82, 2.24) is 0 Å². The molecular weight excluding hydrogens is 242 g/mol. The number of phenols is 1. The summed E-state index contributed by atoms with van der Waals surface area (Å²) in [5.41, 5.74) is 0.452. The molecule has 0 aliphatic rings. The van der Waals surface area contributed by atoms with Gasteiger partial charge in [-0.3, -0.25) is 0 Å². The van der Waals surface area contributed by atoms with Gasteiger partial charge in [0.2, 0.25) is 0 Å². The zero-order valence-electron chi connectivity index (χ0n) is 9.02. The predicted octanol–water partition coefficient (Wildman–Crippen LogP) is 3.04. The number of carboxylic acid groups (broad SMARTS) is 1. The first-order chi connectivity index (χ1) is 8.47. The minimum Gasteiger partial charge on any atom is -0.508 e. The summed E-state index contributed by atoms with van der Waals surface area (Å²) in [4.78, 5) is 10.8. The Kier molecular flexibility index (Phi) is 2.97. The molecule has 0 saturated carbocycles. The van der Waals surface area contributed by atoms with E-state index in [-0.39, 0.29) is 16.9 Å². The zero-order chi connectivity index (χ0) is 13.3. The van der Waals surface area contributed by atoms with E-state index in [0.717, 1.165) is 18.2 Å². The number of aromatic carboxylic acids is 1. The molecule has 0 spiro atoms. The number of carboxylic acids is 1. The maximum atomic E-state index is 13.1. The highest BCUT2D eigenvalue weighted by Crippen LogP contribution is 2.26. The largest absolute Gasteiger partial charge is 0.508 e. The zero-order valence-corrected chi connectivity index (χ0v) is 9.02. The smallest absolute Gasteiger partial charge is 0.335 e. The van der Waals surface area contributed by atoms with Gasteiger partial charge in [0.15, 0.2) is 11.6 Å². The molecule has 0 aliphatic carbocycles. The lowest BCUT2D eigenvalue weighted by Crippen LogP contribution is -1.96. The molecule has 2 rings (SSSR count). The summed E-state index contributed by atoms with van der Waals surface area (Å²) in [6.07, 6.45) is 0. The quantitative estimate of drug-likeness (QED) is 0.861. The molecule has 0 atom stereocenters. The third-order valence-corrected chi connectivity index (χ3v) is 2.42. The molecule has 0 aliphatic heterocycles. The minimum atomic E-state index is -1.21. The standard InChI is InChI=1S/C13H8F2O3/c14-11-2-1-7(6-12(11)15)8-3-9(13(17)18)5-10(16)4-8/h1-6,16H,(H,17,18). The number of aromatic hydroxyl groups is 1. The molecule has 2 N–H and O–H groups in total. The van der Waals surface area contributed by atoms with Gasteiger partial charge in [-0.25, -0.2) is 13.6 Å². The van der Waals surface area contributed by atoms with Crippen molar-refractivity contribution in [3.05, 3.63) is 53.6 Å². The van der Waals surface area contributed by atoms with Crippen molar-refractivity contribution < 1.29 is 23.8 Å². The number of rotatable bonds is 2. The van der Waals surface area contributed by atoms with E-state index in [2.05, 4.69) is 0 Å². The second-order valence-corrected chi connectivity index (χ2v) is 3.70. The van der Waals surface area contributed by atoms with Gasteiger partial charge in [0, 0.05) is 0 Å². The lowest BCUT2D eigenvalue weighted by atomic mass is 10.0. The van der Waals surface area contributed by atoms with Crippen LogP contribution in [0, 0.1) is 11.6 Å². The fourth-order valence-electron chi connectivity index (χ4n) is 1.58. The third kappa shape index (κ3) is 2.29. The van der Waals surface area contributed by atoms with Gasteiger partial charge < -0.3 is 10.2 Å². The van der Waals surface area contributed by atoms with Crippen molar-refractivity contribution in [1.29, 1.82) is 0 Å². The van der Waals surface area contributed by atoms with Gasteiger partial charge in [-0.2, -0.15) is 0 Å². The molecule has 18 heavy (non-hydrogen) atoms. The van der Waals surface area contributed by atoms with Crippen LogP contribution >= 0.6 is 0 Å². The summed E-state index contributed by atoms with van der Waals surface area (Å²) < 4.78 is 25.9. The van der Waals surface area contributed by atoms with Crippen LogP contribution in [-0.2, 0) is 0 Å². The molecule has 92 valence electrons. The van der Waals surface area contributed by atoms with Crippen LogP contribution in [0.3, 0.4) is 0 Å². The lowest BCUT2D eigenvalue weighted by molar-refractivity contribution is 0.0696. The van der Waals surface area contributed by atoms with E-state index in [1.165, 1.54) is 18.2 Å². The highest BCUT2D eigenvalue weighted by molar-refractivity contribution is 5.90. The summed E-state index contributed by atoms with van der Waals surface area (Å²) in [6.45, 7) is 0. The minimum absolute atomic E-state index is 0.130. The van der Waals surface area contributed by atoms with E-state index in [1.54, 1.807) is 0 Å². The van der Waals surface area contributed by atoms with Crippen molar-refractivity contribution >= 4 is 5.97 Å². The van der Waals surface area contributed by atoms with Crippen LogP contribution in [0.2, 0.25) is 0 Å². The van der Waals surface area contributed by atoms with Gasteiger partial charge in [0.25, 0.3) is 0 Å². The second-order valence-electron chi connectivity index (χ2n) is 3.70. The summed E-state index contributed by atoms with van der Waals surface area (Å²) in [6, 6.07) is 6.81. The van der Waals surface area contributed by atoms with E-state index < -0.39 is 17.6 Å². The Bertz CT molecular complexity index is 624. The molecule has 5 heteroatoms. The average molecular weight is 250 g/mol. The number of benzene rings is 2. The van der Waals surface area contributed by atoms with Crippen molar-refractivity contribution in [2.75, 3.05) is 0 Å². The fourth-order valence-corrected chi connectivity index (χ4v) is 1.58. The van der Waals surface area contributed by atoms with Gasteiger partial charge in [-0.05, 0) is 41.5 Å². The van der Waals surface area contributed by atoms with Gasteiger partial charge >= 0.3 is 5.97 Å². The molecule has 0 fully saturated rings. The highest BCUT2D eigenvalue weighted by Gasteiger charge is 2.10. The van der Waals surface area contributed by atoms with Gasteiger partial charge in [-0.15, -0.1) is 0 Å². The van der Waals surface area contributed by atoms with Crippen LogP contribution in [0.4, 0.5) is 8.78 Å².